The lowest BCUT2D eigenvalue weighted by molar-refractivity contribution is 0.321. The van der Waals surface area contributed by atoms with Gasteiger partial charge in [-0.1, -0.05) is 29.8 Å². The number of nitrogens with zero attached hydrogens (tertiary/aromatic N) is 1. The molecule has 0 bridgehead atoms. The Morgan fingerprint density at radius 2 is 2.05 bits per heavy atom. The van der Waals surface area contributed by atoms with Crippen molar-refractivity contribution in [3.63, 3.8) is 0 Å². The zero-order valence-corrected chi connectivity index (χ0v) is 14.3. The van der Waals surface area contributed by atoms with Gasteiger partial charge < -0.3 is 15.0 Å². The van der Waals surface area contributed by atoms with Gasteiger partial charge in [-0.3, -0.25) is 0 Å². The Morgan fingerprint density at radius 3 is 2.70 bits per heavy atom. The minimum absolute atomic E-state index is 0.228. The van der Waals surface area contributed by atoms with Gasteiger partial charge in [-0.25, -0.2) is 0 Å². The fourth-order valence-corrected chi connectivity index (χ4v) is 3.38. The lowest BCUT2D eigenvalue weighted by Gasteiger charge is -2.36. The number of nitrogens with one attached hydrogen (secondary N) is 1. The quantitative estimate of drug-likeness (QED) is 0.901. The topological polar surface area (TPSA) is 24.5 Å². The average Bonchev–Trinajstić information content (AvgIpc) is 2.69. The van der Waals surface area contributed by atoms with Gasteiger partial charge in [0.2, 0.25) is 0 Å². The predicted octanol–water partition coefficient (Wildman–Crippen LogP) is 3.82. The Balaban J connectivity index is 2.28. The summed E-state index contributed by atoms with van der Waals surface area (Å²) in [5.74, 6) is 0.908. The van der Waals surface area contributed by atoms with Gasteiger partial charge in [0.15, 0.2) is 0 Å². The van der Waals surface area contributed by atoms with Crippen molar-refractivity contribution in [2.75, 3.05) is 31.6 Å². The smallest absolute Gasteiger partial charge is 0.122 e. The van der Waals surface area contributed by atoms with E-state index in [9.17, 15) is 0 Å². The van der Waals surface area contributed by atoms with Crippen molar-refractivity contribution in [2.45, 2.75) is 38.6 Å². The first-order valence-electron chi connectivity index (χ1n) is 7.47. The minimum Gasteiger partial charge on any atom is -0.497 e. The van der Waals surface area contributed by atoms with Crippen LogP contribution in [0.25, 0.3) is 0 Å². The maximum Gasteiger partial charge on any atom is 0.122 e. The summed E-state index contributed by atoms with van der Waals surface area (Å²) in [5.41, 5.74) is 1.47. The molecule has 0 unspecified atom stereocenters. The molecule has 1 aromatic rings. The van der Waals surface area contributed by atoms with Crippen LogP contribution >= 0.6 is 15.9 Å². The molecule has 1 aliphatic heterocycles. The molecule has 20 heavy (non-hydrogen) atoms. The Hall–Kier alpha value is -0.740. The van der Waals surface area contributed by atoms with Crippen molar-refractivity contribution in [1.29, 1.82) is 0 Å². The van der Waals surface area contributed by atoms with Crippen molar-refractivity contribution in [1.82, 2.24) is 5.32 Å². The van der Waals surface area contributed by atoms with Crippen molar-refractivity contribution >= 4 is 21.6 Å². The maximum atomic E-state index is 5.39. The van der Waals surface area contributed by atoms with E-state index in [1.54, 1.807) is 7.11 Å². The van der Waals surface area contributed by atoms with E-state index in [4.69, 9.17) is 4.74 Å². The van der Waals surface area contributed by atoms with Crippen LogP contribution in [0, 0.1) is 0 Å². The van der Waals surface area contributed by atoms with E-state index in [1.165, 1.54) is 12.1 Å². The fraction of sp³-hybridized carbons (Fsp3) is 0.625. The Labute approximate surface area is 130 Å². The van der Waals surface area contributed by atoms with E-state index in [2.05, 4.69) is 52.1 Å². The molecule has 0 saturated carbocycles. The first-order valence-corrected chi connectivity index (χ1v) is 8.26. The molecule has 1 heterocycles. The molecule has 0 aliphatic carbocycles. The first-order chi connectivity index (χ1) is 9.62. The van der Waals surface area contributed by atoms with Gasteiger partial charge in [-0.15, -0.1) is 0 Å². The zero-order chi connectivity index (χ0) is 14.6. The highest BCUT2D eigenvalue weighted by atomic mass is 79.9. The van der Waals surface area contributed by atoms with Gasteiger partial charge in [0.05, 0.1) is 7.11 Å². The summed E-state index contributed by atoms with van der Waals surface area (Å²) < 4.78 is 6.46. The summed E-state index contributed by atoms with van der Waals surface area (Å²) in [6.07, 6.45) is 3.49. The molecule has 1 fully saturated rings. The molecule has 0 spiro atoms. The molecule has 0 radical (unpaired) electrons. The summed E-state index contributed by atoms with van der Waals surface area (Å²) in [4.78, 5) is 2.49. The van der Waals surface area contributed by atoms with E-state index < -0.39 is 0 Å². The number of hydrogen-bond acceptors (Lipinski definition) is 3. The van der Waals surface area contributed by atoms with Gasteiger partial charge >= 0.3 is 0 Å². The molecule has 1 aromatic carbocycles. The van der Waals surface area contributed by atoms with Crippen LogP contribution in [-0.2, 0) is 0 Å². The van der Waals surface area contributed by atoms with Crippen LogP contribution in [0.4, 0.5) is 5.69 Å². The molecular formula is C16H25BrN2O. The van der Waals surface area contributed by atoms with Crippen LogP contribution in [-0.4, -0.2) is 32.3 Å². The molecule has 2 rings (SSSR count). The van der Waals surface area contributed by atoms with Gasteiger partial charge in [0.1, 0.15) is 5.75 Å². The van der Waals surface area contributed by atoms with E-state index in [0.717, 1.165) is 42.7 Å². The third-order valence-corrected chi connectivity index (χ3v) is 4.87. The second-order valence-electron chi connectivity index (χ2n) is 5.54. The molecule has 112 valence electrons. The summed E-state index contributed by atoms with van der Waals surface area (Å²) >= 11 is 3.58. The number of benzene rings is 1. The minimum atomic E-state index is 0.228. The van der Waals surface area contributed by atoms with Crippen LogP contribution in [0.15, 0.2) is 22.7 Å². The summed E-state index contributed by atoms with van der Waals surface area (Å²) in [7, 11) is 1.72. The molecule has 4 heteroatoms. The molecule has 0 aromatic heterocycles. The molecule has 1 saturated heterocycles. The van der Waals surface area contributed by atoms with Crippen molar-refractivity contribution in [3.8, 4) is 5.75 Å². The van der Waals surface area contributed by atoms with Gasteiger partial charge in [0.25, 0.3) is 0 Å². The molecular weight excluding hydrogens is 316 g/mol. The third kappa shape index (κ3) is 3.47. The van der Waals surface area contributed by atoms with E-state index in [1.807, 2.05) is 6.07 Å². The Kier molecular flexibility index (Phi) is 5.33. The van der Waals surface area contributed by atoms with Crippen LogP contribution in [0.1, 0.15) is 33.1 Å². The lowest BCUT2D eigenvalue weighted by atomic mass is 9.92. The molecule has 3 nitrogen and oxygen atoms in total. The summed E-state index contributed by atoms with van der Waals surface area (Å²) in [6, 6.07) is 6.32. The second kappa shape index (κ2) is 6.81. The van der Waals surface area contributed by atoms with Crippen LogP contribution in [0.3, 0.4) is 0 Å². The Bertz CT molecular complexity index is 446. The highest BCUT2D eigenvalue weighted by molar-refractivity contribution is 9.10. The number of ether oxygens (including phenoxy) is 1. The number of methoxy groups -OCH3 is 1. The highest BCUT2D eigenvalue weighted by Crippen LogP contribution is 2.30. The number of hydrogen-bond donors (Lipinski definition) is 1. The predicted molar refractivity (Wildman–Crippen MR) is 88.8 cm³/mol. The maximum absolute atomic E-state index is 5.39. The van der Waals surface area contributed by atoms with E-state index in [-0.39, 0.29) is 5.54 Å². The van der Waals surface area contributed by atoms with E-state index in [0.29, 0.717) is 0 Å². The standard InChI is InChI=1S/C16H25BrN2O/c1-4-16(5-2)12-19(8-6-7-18-16)14-9-13(17)10-15(11-14)20-3/h9-11,18H,4-8,12H2,1-3H3. The van der Waals surface area contributed by atoms with Crippen molar-refractivity contribution in [2.24, 2.45) is 0 Å². The fourth-order valence-electron chi connectivity index (χ4n) is 2.92. The molecule has 1 N–H and O–H groups in total. The average molecular weight is 341 g/mol. The zero-order valence-electron chi connectivity index (χ0n) is 12.7. The monoisotopic (exact) mass is 340 g/mol. The number of rotatable bonds is 4. The Morgan fingerprint density at radius 1 is 1.30 bits per heavy atom. The first kappa shape index (κ1) is 15.6. The highest BCUT2D eigenvalue weighted by Gasteiger charge is 2.30. The van der Waals surface area contributed by atoms with Gasteiger partial charge in [-0.2, -0.15) is 0 Å². The summed E-state index contributed by atoms with van der Waals surface area (Å²) in [5, 5.41) is 3.75. The normalized spacial score (nSPS) is 18.7. The summed E-state index contributed by atoms with van der Waals surface area (Å²) in [6.45, 7) is 7.81. The van der Waals surface area contributed by atoms with E-state index >= 15 is 0 Å². The SMILES string of the molecule is CCC1(CC)CN(c2cc(Br)cc(OC)c2)CCCN1. The number of anilines is 1. The largest absolute Gasteiger partial charge is 0.497 e. The molecule has 1 aliphatic rings. The van der Waals surface area contributed by atoms with Crippen LogP contribution in [0.2, 0.25) is 0 Å². The van der Waals surface area contributed by atoms with Crippen molar-refractivity contribution in [3.05, 3.63) is 22.7 Å². The lowest BCUT2D eigenvalue weighted by Crippen LogP contribution is -2.50. The molecule has 0 amide bonds. The third-order valence-electron chi connectivity index (χ3n) is 4.41. The van der Waals surface area contributed by atoms with Crippen LogP contribution in [0.5, 0.6) is 5.75 Å². The van der Waals surface area contributed by atoms with Crippen molar-refractivity contribution < 1.29 is 4.74 Å². The molecule has 0 atom stereocenters. The van der Waals surface area contributed by atoms with Gasteiger partial charge in [-0.05, 0) is 37.9 Å². The van der Waals surface area contributed by atoms with Gasteiger partial charge in [0, 0.05) is 34.9 Å². The number of halogens is 1. The second-order valence-corrected chi connectivity index (χ2v) is 6.45. The van der Waals surface area contributed by atoms with Crippen LogP contribution < -0.4 is 15.0 Å².